The van der Waals surface area contributed by atoms with Crippen molar-refractivity contribution in [3.8, 4) is 11.4 Å². The molecule has 0 fully saturated rings. The Morgan fingerprint density at radius 1 is 1.31 bits per heavy atom. The zero-order valence-electron chi connectivity index (χ0n) is 9.13. The summed E-state index contributed by atoms with van der Waals surface area (Å²) >= 11 is 0. The fraction of sp³-hybridized carbons (Fsp3) is 0.250. The first kappa shape index (κ1) is 10.7. The van der Waals surface area contributed by atoms with E-state index in [1.165, 1.54) is 0 Å². The molecule has 1 aromatic heterocycles. The van der Waals surface area contributed by atoms with Crippen LogP contribution >= 0.6 is 0 Å². The van der Waals surface area contributed by atoms with Crippen LogP contribution in [0.4, 0.5) is 0 Å². The third-order valence-corrected chi connectivity index (χ3v) is 2.24. The molecule has 1 N–H and O–H groups in total. The Balaban J connectivity index is 2.20. The summed E-state index contributed by atoms with van der Waals surface area (Å²) in [5.41, 5.74) is 1.66. The number of aliphatic hydroxyl groups excluding tert-OH is 1. The second kappa shape index (κ2) is 4.81. The molecular formula is C12H14N2O2. The first-order valence-electron chi connectivity index (χ1n) is 5.20. The molecule has 0 saturated carbocycles. The second-order valence-electron chi connectivity index (χ2n) is 3.36. The van der Waals surface area contributed by atoms with Gasteiger partial charge in [0.1, 0.15) is 5.75 Å². The summed E-state index contributed by atoms with van der Waals surface area (Å²) in [5.74, 6) is 0.855. The molecule has 16 heavy (non-hydrogen) atoms. The van der Waals surface area contributed by atoms with Crippen LogP contribution in [0, 0.1) is 0 Å². The number of nitrogens with zero attached hydrogens (tertiary/aromatic N) is 2. The van der Waals surface area contributed by atoms with Crippen molar-refractivity contribution < 1.29 is 9.84 Å². The summed E-state index contributed by atoms with van der Waals surface area (Å²) < 4.78 is 7.22. The number of aliphatic hydroxyl groups is 1. The van der Waals surface area contributed by atoms with Crippen molar-refractivity contribution in [3.05, 3.63) is 42.5 Å². The van der Waals surface area contributed by atoms with Gasteiger partial charge in [-0.15, -0.1) is 0 Å². The average Bonchev–Trinajstić information content (AvgIpc) is 2.79. The molecule has 0 aliphatic rings. The smallest absolute Gasteiger partial charge is 0.119 e. The first-order valence-corrected chi connectivity index (χ1v) is 5.20. The van der Waals surface area contributed by atoms with Gasteiger partial charge < -0.3 is 14.4 Å². The number of aromatic nitrogens is 2. The van der Waals surface area contributed by atoms with Crippen molar-refractivity contribution >= 4 is 0 Å². The lowest BCUT2D eigenvalue weighted by Crippen LogP contribution is -1.93. The lowest BCUT2D eigenvalue weighted by atomic mass is 10.3. The van der Waals surface area contributed by atoms with Gasteiger partial charge >= 0.3 is 0 Å². The molecule has 0 saturated heterocycles. The van der Waals surface area contributed by atoms with Gasteiger partial charge in [-0.3, -0.25) is 0 Å². The standard InChI is InChI=1S/C12H14N2O2/c1-2-16-12-5-3-11(4-6-12)14-7-10(8-15)13-9-14/h3-7,9,15H,2,8H2,1H3. The van der Waals surface area contributed by atoms with E-state index >= 15 is 0 Å². The molecule has 84 valence electrons. The fourth-order valence-corrected chi connectivity index (χ4v) is 1.47. The zero-order chi connectivity index (χ0) is 11.4. The van der Waals surface area contributed by atoms with Crippen molar-refractivity contribution in [2.45, 2.75) is 13.5 Å². The summed E-state index contributed by atoms with van der Waals surface area (Å²) in [7, 11) is 0. The molecule has 4 heteroatoms. The van der Waals surface area contributed by atoms with Gasteiger partial charge in [0.25, 0.3) is 0 Å². The topological polar surface area (TPSA) is 47.3 Å². The Kier molecular flexibility index (Phi) is 3.22. The minimum Gasteiger partial charge on any atom is -0.494 e. The summed E-state index contributed by atoms with van der Waals surface area (Å²) in [6, 6.07) is 7.73. The van der Waals surface area contributed by atoms with Crippen LogP contribution in [0.3, 0.4) is 0 Å². The molecule has 2 rings (SSSR count). The number of hydrogen-bond acceptors (Lipinski definition) is 3. The summed E-state index contributed by atoms with van der Waals surface area (Å²) in [6.07, 6.45) is 3.48. The molecule has 2 aromatic rings. The zero-order valence-corrected chi connectivity index (χ0v) is 9.13. The Hall–Kier alpha value is -1.81. The highest BCUT2D eigenvalue weighted by Crippen LogP contribution is 2.15. The molecule has 0 aliphatic heterocycles. The molecule has 4 nitrogen and oxygen atoms in total. The second-order valence-corrected chi connectivity index (χ2v) is 3.36. The van der Waals surface area contributed by atoms with Crippen molar-refractivity contribution in [1.82, 2.24) is 9.55 Å². The van der Waals surface area contributed by atoms with Gasteiger partial charge in [0.15, 0.2) is 0 Å². The number of ether oxygens (including phenoxy) is 1. The Morgan fingerprint density at radius 2 is 2.06 bits per heavy atom. The molecule has 1 aromatic carbocycles. The van der Waals surface area contributed by atoms with Crippen LogP contribution in [0.5, 0.6) is 5.75 Å². The number of imidazole rings is 1. The minimum absolute atomic E-state index is 0.0377. The molecule has 1 heterocycles. The Bertz CT molecular complexity index is 448. The van der Waals surface area contributed by atoms with E-state index in [1.807, 2.05) is 35.8 Å². The summed E-state index contributed by atoms with van der Waals surface area (Å²) in [6.45, 7) is 2.58. The number of rotatable bonds is 4. The quantitative estimate of drug-likeness (QED) is 0.850. The van der Waals surface area contributed by atoms with Crippen LogP contribution in [-0.4, -0.2) is 21.3 Å². The highest BCUT2D eigenvalue weighted by atomic mass is 16.5. The Morgan fingerprint density at radius 3 is 2.62 bits per heavy atom. The van der Waals surface area contributed by atoms with E-state index in [1.54, 1.807) is 12.5 Å². The first-order chi connectivity index (χ1) is 7.83. The van der Waals surface area contributed by atoms with E-state index in [9.17, 15) is 0 Å². The average molecular weight is 218 g/mol. The van der Waals surface area contributed by atoms with E-state index in [-0.39, 0.29) is 6.61 Å². The van der Waals surface area contributed by atoms with E-state index in [0.29, 0.717) is 12.3 Å². The predicted molar refractivity (Wildman–Crippen MR) is 60.7 cm³/mol. The van der Waals surface area contributed by atoms with E-state index in [4.69, 9.17) is 9.84 Å². The molecule has 0 aliphatic carbocycles. The van der Waals surface area contributed by atoms with Crippen LogP contribution in [0.1, 0.15) is 12.6 Å². The largest absolute Gasteiger partial charge is 0.494 e. The van der Waals surface area contributed by atoms with Crippen LogP contribution in [0.15, 0.2) is 36.8 Å². The van der Waals surface area contributed by atoms with Crippen LogP contribution in [0.2, 0.25) is 0 Å². The molecule has 0 unspecified atom stereocenters. The summed E-state index contributed by atoms with van der Waals surface area (Å²) in [4.78, 5) is 4.05. The number of benzene rings is 1. The van der Waals surface area contributed by atoms with Crippen molar-refractivity contribution in [1.29, 1.82) is 0 Å². The highest BCUT2D eigenvalue weighted by molar-refractivity contribution is 5.37. The number of hydrogen-bond donors (Lipinski definition) is 1. The van der Waals surface area contributed by atoms with Gasteiger partial charge in [-0.2, -0.15) is 0 Å². The molecule has 0 atom stereocenters. The molecule has 0 spiro atoms. The van der Waals surface area contributed by atoms with Crippen LogP contribution in [-0.2, 0) is 6.61 Å². The van der Waals surface area contributed by atoms with Gasteiger partial charge in [-0.25, -0.2) is 4.98 Å². The normalized spacial score (nSPS) is 10.4. The third-order valence-electron chi connectivity index (χ3n) is 2.24. The maximum absolute atomic E-state index is 8.92. The molecule has 0 radical (unpaired) electrons. The summed E-state index contributed by atoms with van der Waals surface area (Å²) in [5, 5.41) is 8.92. The molecule has 0 amide bonds. The minimum atomic E-state index is -0.0377. The lowest BCUT2D eigenvalue weighted by molar-refractivity contribution is 0.277. The fourth-order valence-electron chi connectivity index (χ4n) is 1.47. The van der Waals surface area contributed by atoms with Gasteiger partial charge in [0, 0.05) is 11.9 Å². The third kappa shape index (κ3) is 2.23. The van der Waals surface area contributed by atoms with E-state index in [0.717, 1.165) is 11.4 Å². The Labute approximate surface area is 94.1 Å². The van der Waals surface area contributed by atoms with Crippen LogP contribution in [0.25, 0.3) is 5.69 Å². The maximum atomic E-state index is 8.92. The predicted octanol–water partition coefficient (Wildman–Crippen LogP) is 1.76. The molecular weight excluding hydrogens is 204 g/mol. The van der Waals surface area contributed by atoms with Gasteiger partial charge in [0.05, 0.1) is 25.2 Å². The van der Waals surface area contributed by atoms with Gasteiger partial charge in [-0.1, -0.05) is 0 Å². The maximum Gasteiger partial charge on any atom is 0.119 e. The van der Waals surface area contributed by atoms with Crippen molar-refractivity contribution in [3.63, 3.8) is 0 Å². The highest BCUT2D eigenvalue weighted by Gasteiger charge is 2.00. The van der Waals surface area contributed by atoms with Crippen molar-refractivity contribution in [2.75, 3.05) is 6.61 Å². The van der Waals surface area contributed by atoms with Crippen LogP contribution < -0.4 is 4.74 Å². The van der Waals surface area contributed by atoms with Crippen molar-refractivity contribution in [2.24, 2.45) is 0 Å². The van der Waals surface area contributed by atoms with Gasteiger partial charge in [-0.05, 0) is 31.2 Å². The van der Waals surface area contributed by atoms with Gasteiger partial charge in [0.2, 0.25) is 0 Å². The lowest BCUT2D eigenvalue weighted by Gasteiger charge is -2.05. The monoisotopic (exact) mass is 218 g/mol. The molecule has 0 bridgehead atoms. The van der Waals surface area contributed by atoms with E-state index in [2.05, 4.69) is 4.98 Å². The SMILES string of the molecule is CCOc1ccc(-n2cnc(CO)c2)cc1. The van der Waals surface area contributed by atoms with E-state index < -0.39 is 0 Å².